The lowest BCUT2D eigenvalue weighted by molar-refractivity contribution is -0.129. The smallest absolute Gasteiger partial charge is 0.243 e. The van der Waals surface area contributed by atoms with E-state index >= 15 is 0 Å². The summed E-state index contributed by atoms with van der Waals surface area (Å²) in [6.07, 6.45) is 9.39. The molecule has 1 unspecified atom stereocenters. The third-order valence-corrected chi connectivity index (χ3v) is 6.76. The number of aromatic amines is 2. The standard InChI is InChI=1S/C27H34N4O3/c1-17-26(19-10-5-7-12-22(19)29-17)21(27-18(2)30-23-13-8-6-11-20(23)27)16-25(33)28-15-9-3-4-14-24(32)31-34/h5-7,10-12,21,29-30,34H,3-4,8-9,13-16H2,1-2H3,(H,28,33)(H,31,32). The molecule has 1 aliphatic rings. The van der Waals surface area contributed by atoms with E-state index in [-0.39, 0.29) is 24.2 Å². The molecule has 0 saturated carbocycles. The lowest BCUT2D eigenvalue weighted by atomic mass is 9.83. The Bertz CT molecular complexity index is 1200. The van der Waals surface area contributed by atoms with Crippen molar-refractivity contribution in [3.8, 4) is 0 Å². The summed E-state index contributed by atoms with van der Waals surface area (Å²) in [5.74, 6) is -0.413. The first-order valence-corrected chi connectivity index (χ1v) is 12.1. The molecular formula is C27H34N4O3. The van der Waals surface area contributed by atoms with Gasteiger partial charge in [0.05, 0.1) is 0 Å². The lowest BCUT2D eigenvalue weighted by Gasteiger charge is -2.20. The van der Waals surface area contributed by atoms with E-state index in [2.05, 4.69) is 53.4 Å². The molecule has 5 N–H and O–H groups in total. The molecule has 2 heterocycles. The van der Waals surface area contributed by atoms with Crippen molar-refractivity contribution in [2.75, 3.05) is 6.54 Å². The second kappa shape index (κ2) is 10.7. The molecule has 2 aromatic heterocycles. The van der Waals surface area contributed by atoms with Crippen molar-refractivity contribution in [1.29, 1.82) is 0 Å². The maximum absolute atomic E-state index is 13.1. The number of aromatic nitrogens is 2. The highest BCUT2D eigenvalue weighted by atomic mass is 16.5. The summed E-state index contributed by atoms with van der Waals surface area (Å²) in [7, 11) is 0. The number of hydrogen-bond donors (Lipinski definition) is 5. The number of allylic oxidation sites excluding steroid dienone is 1. The van der Waals surface area contributed by atoms with E-state index in [0.717, 1.165) is 48.0 Å². The van der Waals surface area contributed by atoms with Crippen molar-refractivity contribution in [3.63, 3.8) is 0 Å². The number of nitrogens with one attached hydrogen (secondary N) is 4. The molecule has 3 aromatic rings. The number of aryl methyl sites for hydroxylation is 3. The normalized spacial score (nSPS) is 13.6. The van der Waals surface area contributed by atoms with Crippen LogP contribution >= 0.6 is 0 Å². The minimum atomic E-state index is -0.375. The number of benzene rings is 1. The monoisotopic (exact) mass is 462 g/mol. The van der Waals surface area contributed by atoms with E-state index in [0.29, 0.717) is 19.4 Å². The molecule has 1 aliphatic carbocycles. The van der Waals surface area contributed by atoms with Gasteiger partial charge >= 0.3 is 0 Å². The number of carbonyl (C=O) groups excluding carboxylic acids is 2. The van der Waals surface area contributed by atoms with Crippen LogP contribution in [0.5, 0.6) is 0 Å². The molecular weight excluding hydrogens is 428 g/mol. The Hall–Kier alpha value is -3.32. The van der Waals surface area contributed by atoms with Crippen LogP contribution in [0.25, 0.3) is 17.0 Å². The van der Waals surface area contributed by atoms with E-state index in [9.17, 15) is 9.59 Å². The molecule has 180 valence electrons. The first-order valence-electron chi connectivity index (χ1n) is 12.1. The number of para-hydroxylation sites is 1. The lowest BCUT2D eigenvalue weighted by Crippen LogP contribution is -2.27. The molecule has 1 atom stereocenters. The number of hydroxylamine groups is 1. The molecule has 0 fully saturated rings. The van der Waals surface area contributed by atoms with Gasteiger partial charge in [-0.25, -0.2) is 5.48 Å². The summed E-state index contributed by atoms with van der Waals surface area (Å²) >= 11 is 0. The molecule has 0 radical (unpaired) electrons. The molecule has 0 aliphatic heterocycles. The first-order chi connectivity index (χ1) is 16.5. The van der Waals surface area contributed by atoms with Crippen molar-refractivity contribution in [3.05, 3.63) is 64.1 Å². The Balaban J connectivity index is 1.55. The van der Waals surface area contributed by atoms with E-state index in [1.54, 1.807) is 5.48 Å². The summed E-state index contributed by atoms with van der Waals surface area (Å²) in [6, 6.07) is 8.29. The van der Waals surface area contributed by atoms with Gasteiger partial charge in [0, 0.05) is 53.3 Å². The SMILES string of the molecule is Cc1[nH]c2c(c1C(CC(=O)NCCCCCC(=O)NO)c1c(C)[nH]c3ccccc13)C=CCC2. The Morgan fingerprint density at radius 1 is 1.03 bits per heavy atom. The van der Waals surface area contributed by atoms with Crippen LogP contribution in [0.4, 0.5) is 0 Å². The second-order valence-electron chi connectivity index (χ2n) is 9.16. The van der Waals surface area contributed by atoms with E-state index < -0.39 is 0 Å². The zero-order valence-electron chi connectivity index (χ0n) is 20.0. The summed E-state index contributed by atoms with van der Waals surface area (Å²) < 4.78 is 0. The summed E-state index contributed by atoms with van der Waals surface area (Å²) in [5, 5.41) is 12.8. The summed E-state index contributed by atoms with van der Waals surface area (Å²) in [4.78, 5) is 31.3. The molecule has 0 saturated heterocycles. The zero-order valence-corrected chi connectivity index (χ0v) is 20.0. The molecule has 4 rings (SSSR count). The number of rotatable bonds is 10. The number of amides is 2. The topological polar surface area (TPSA) is 110 Å². The van der Waals surface area contributed by atoms with Crippen LogP contribution in [-0.4, -0.2) is 33.5 Å². The van der Waals surface area contributed by atoms with Crippen LogP contribution in [-0.2, 0) is 16.0 Å². The molecule has 34 heavy (non-hydrogen) atoms. The highest BCUT2D eigenvalue weighted by Gasteiger charge is 2.29. The van der Waals surface area contributed by atoms with E-state index in [4.69, 9.17) is 5.21 Å². The minimum Gasteiger partial charge on any atom is -0.362 e. The Kier molecular flexibility index (Phi) is 7.53. The summed E-state index contributed by atoms with van der Waals surface area (Å²) in [6.45, 7) is 4.77. The Morgan fingerprint density at radius 3 is 2.65 bits per heavy atom. The average Bonchev–Trinajstić information content (AvgIpc) is 3.34. The molecule has 7 nitrogen and oxygen atoms in total. The van der Waals surface area contributed by atoms with Crippen LogP contribution in [0.1, 0.15) is 78.2 Å². The van der Waals surface area contributed by atoms with Crippen LogP contribution in [0.2, 0.25) is 0 Å². The predicted molar refractivity (Wildman–Crippen MR) is 134 cm³/mol. The zero-order chi connectivity index (χ0) is 24.1. The highest BCUT2D eigenvalue weighted by Crippen LogP contribution is 2.41. The number of fused-ring (bicyclic) bond motifs is 2. The van der Waals surface area contributed by atoms with Crippen molar-refractivity contribution in [1.82, 2.24) is 20.8 Å². The van der Waals surface area contributed by atoms with Gasteiger partial charge in [0.15, 0.2) is 0 Å². The predicted octanol–water partition coefficient (Wildman–Crippen LogP) is 4.78. The molecule has 0 bridgehead atoms. The van der Waals surface area contributed by atoms with Gasteiger partial charge in [-0.2, -0.15) is 0 Å². The van der Waals surface area contributed by atoms with Gasteiger partial charge in [-0.3, -0.25) is 14.8 Å². The minimum absolute atomic E-state index is 0.0249. The fourth-order valence-electron chi connectivity index (χ4n) is 5.22. The maximum atomic E-state index is 13.1. The molecule has 1 aromatic carbocycles. The van der Waals surface area contributed by atoms with Gasteiger partial charge in [-0.15, -0.1) is 0 Å². The largest absolute Gasteiger partial charge is 0.362 e. The van der Waals surface area contributed by atoms with Crippen LogP contribution in [0.15, 0.2) is 30.3 Å². The van der Waals surface area contributed by atoms with Crippen LogP contribution in [0.3, 0.4) is 0 Å². The maximum Gasteiger partial charge on any atom is 0.243 e. The average molecular weight is 463 g/mol. The van der Waals surface area contributed by atoms with Crippen molar-refractivity contribution in [2.24, 2.45) is 0 Å². The summed E-state index contributed by atoms with van der Waals surface area (Å²) in [5.41, 5.74) is 9.84. The fraction of sp³-hybridized carbons (Fsp3) is 0.407. The van der Waals surface area contributed by atoms with Crippen LogP contribution in [0, 0.1) is 13.8 Å². The van der Waals surface area contributed by atoms with Crippen molar-refractivity contribution in [2.45, 2.75) is 64.7 Å². The first kappa shape index (κ1) is 23.8. The van der Waals surface area contributed by atoms with Gasteiger partial charge in [0.2, 0.25) is 11.8 Å². The number of carbonyl (C=O) groups is 2. The van der Waals surface area contributed by atoms with Gasteiger partial charge in [0.1, 0.15) is 0 Å². The van der Waals surface area contributed by atoms with Gasteiger partial charge in [-0.05, 0) is 62.3 Å². The number of unbranched alkanes of at least 4 members (excludes halogenated alkanes) is 2. The number of hydrogen-bond acceptors (Lipinski definition) is 3. The van der Waals surface area contributed by atoms with E-state index in [1.807, 2.05) is 12.1 Å². The molecule has 2 amide bonds. The van der Waals surface area contributed by atoms with E-state index in [1.165, 1.54) is 22.4 Å². The Labute approximate surface area is 200 Å². The third kappa shape index (κ3) is 5.09. The molecule has 0 spiro atoms. The van der Waals surface area contributed by atoms with Gasteiger partial charge in [-0.1, -0.05) is 36.8 Å². The quantitative estimate of drug-likeness (QED) is 0.170. The highest BCUT2D eigenvalue weighted by molar-refractivity contribution is 5.88. The van der Waals surface area contributed by atoms with Crippen molar-refractivity contribution < 1.29 is 14.8 Å². The van der Waals surface area contributed by atoms with Gasteiger partial charge < -0.3 is 15.3 Å². The Morgan fingerprint density at radius 2 is 1.82 bits per heavy atom. The fourth-order valence-corrected chi connectivity index (χ4v) is 5.22. The van der Waals surface area contributed by atoms with Crippen LogP contribution < -0.4 is 10.8 Å². The number of H-pyrrole nitrogens is 2. The third-order valence-electron chi connectivity index (χ3n) is 6.76. The second-order valence-corrected chi connectivity index (χ2v) is 9.16. The molecule has 7 heteroatoms. The van der Waals surface area contributed by atoms with Gasteiger partial charge in [0.25, 0.3) is 0 Å². The van der Waals surface area contributed by atoms with Crippen molar-refractivity contribution >= 4 is 28.8 Å².